The number of hydrogen-bond acceptors (Lipinski definition) is 5. The standard InChI is InChI=1S/C10H17F3N4S/c1-3-17(4-2)7-5-6-14-9-15-8(16-18-9)10(11,12)13/h3-7H2,1-2H3,(H,14,15,16). The van der Waals surface area contributed by atoms with Crippen LogP contribution in [0.25, 0.3) is 0 Å². The maximum absolute atomic E-state index is 12.2. The summed E-state index contributed by atoms with van der Waals surface area (Å²) in [5.41, 5.74) is 0. The summed E-state index contributed by atoms with van der Waals surface area (Å²) in [7, 11) is 0. The maximum Gasteiger partial charge on any atom is 0.452 e. The van der Waals surface area contributed by atoms with Crippen LogP contribution in [0.3, 0.4) is 0 Å². The summed E-state index contributed by atoms with van der Waals surface area (Å²) in [6, 6.07) is 0. The number of nitrogens with zero attached hydrogens (tertiary/aromatic N) is 3. The quantitative estimate of drug-likeness (QED) is 0.781. The number of alkyl halides is 3. The lowest BCUT2D eigenvalue weighted by atomic mass is 10.3. The van der Waals surface area contributed by atoms with E-state index in [2.05, 4.69) is 33.4 Å². The molecule has 4 nitrogen and oxygen atoms in total. The summed E-state index contributed by atoms with van der Waals surface area (Å²) < 4.78 is 40.0. The summed E-state index contributed by atoms with van der Waals surface area (Å²) >= 11 is 0.741. The summed E-state index contributed by atoms with van der Waals surface area (Å²) in [5, 5.41) is 3.08. The van der Waals surface area contributed by atoms with Crippen molar-refractivity contribution in [2.45, 2.75) is 26.4 Å². The van der Waals surface area contributed by atoms with Crippen molar-refractivity contribution >= 4 is 16.7 Å². The van der Waals surface area contributed by atoms with Crippen molar-refractivity contribution in [2.75, 3.05) is 31.5 Å². The van der Waals surface area contributed by atoms with Crippen LogP contribution in [0.1, 0.15) is 26.1 Å². The van der Waals surface area contributed by atoms with Crippen LogP contribution < -0.4 is 5.32 Å². The predicted molar refractivity (Wildman–Crippen MR) is 65.8 cm³/mol. The lowest BCUT2D eigenvalue weighted by Crippen LogP contribution is -2.25. The van der Waals surface area contributed by atoms with Crippen molar-refractivity contribution in [1.82, 2.24) is 14.3 Å². The molecule has 1 rings (SSSR count). The van der Waals surface area contributed by atoms with Crippen LogP contribution >= 0.6 is 11.5 Å². The largest absolute Gasteiger partial charge is 0.452 e. The average Bonchev–Trinajstić information content (AvgIpc) is 2.78. The van der Waals surface area contributed by atoms with Crippen molar-refractivity contribution in [3.05, 3.63) is 5.82 Å². The van der Waals surface area contributed by atoms with Gasteiger partial charge in [0, 0.05) is 18.1 Å². The zero-order valence-electron chi connectivity index (χ0n) is 10.4. The first-order valence-electron chi connectivity index (χ1n) is 5.84. The SMILES string of the molecule is CCN(CC)CCCNc1nc(C(F)(F)F)ns1. The van der Waals surface area contributed by atoms with Gasteiger partial charge < -0.3 is 10.2 Å². The Bertz CT molecular complexity index is 349. The third kappa shape index (κ3) is 4.77. The van der Waals surface area contributed by atoms with Crippen LogP contribution in [0.4, 0.5) is 18.3 Å². The molecule has 0 radical (unpaired) electrons. The van der Waals surface area contributed by atoms with Crippen LogP contribution in [0.15, 0.2) is 0 Å². The molecule has 0 aliphatic carbocycles. The Kier molecular flexibility index (Phi) is 5.80. The molecule has 0 unspecified atom stereocenters. The molecule has 0 aliphatic rings. The van der Waals surface area contributed by atoms with E-state index in [-0.39, 0.29) is 5.13 Å². The minimum Gasteiger partial charge on any atom is -0.360 e. The van der Waals surface area contributed by atoms with E-state index in [0.717, 1.165) is 37.6 Å². The summed E-state index contributed by atoms with van der Waals surface area (Å²) in [6.45, 7) is 7.64. The molecule has 0 bridgehead atoms. The Balaban J connectivity index is 2.30. The van der Waals surface area contributed by atoms with Crippen molar-refractivity contribution in [3.8, 4) is 0 Å². The topological polar surface area (TPSA) is 41.0 Å². The van der Waals surface area contributed by atoms with E-state index in [1.807, 2.05) is 0 Å². The van der Waals surface area contributed by atoms with Crippen LogP contribution in [-0.4, -0.2) is 40.4 Å². The Morgan fingerprint density at radius 2 is 1.94 bits per heavy atom. The molecule has 104 valence electrons. The highest BCUT2D eigenvalue weighted by Crippen LogP contribution is 2.28. The second-order valence-electron chi connectivity index (χ2n) is 3.73. The lowest BCUT2D eigenvalue weighted by Gasteiger charge is -2.17. The Hall–Kier alpha value is -0.890. The van der Waals surface area contributed by atoms with E-state index in [4.69, 9.17) is 0 Å². The number of rotatable bonds is 7. The van der Waals surface area contributed by atoms with Gasteiger partial charge in [0.2, 0.25) is 11.0 Å². The van der Waals surface area contributed by atoms with Gasteiger partial charge in [-0.1, -0.05) is 13.8 Å². The highest BCUT2D eigenvalue weighted by Gasteiger charge is 2.36. The van der Waals surface area contributed by atoms with E-state index in [1.165, 1.54) is 0 Å². The van der Waals surface area contributed by atoms with Gasteiger partial charge in [-0.15, -0.1) is 0 Å². The minimum absolute atomic E-state index is 0.224. The molecular formula is C10H17F3N4S. The first kappa shape index (κ1) is 15.2. The molecule has 0 atom stereocenters. The zero-order chi connectivity index (χ0) is 13.6. The van der Waals surface area contributed by atoms with Gasteiger partial charge in [-0.2, -0.15) is 22.5 Å². The fourth-order valence-corrected chi connectivity index (χ4v) is 2.06. The predicted octanol–water partition coefficient (Wildman–Crippen LogP) is 2.70. The highest BCUT2D eigenvalue weighted by atomic mass is 32.1. The Morgan fingerprint density at radius 3 is 2.44 bits per heavy atom. The normalized spacial score (nSPS) is 12.1. The van der Waals surface area contributed by atoms with Gasteiger partial charge in [0.1, 0.15) is 0 Å². The van der Waals surface area contributed by atoms with Gasteiger partial charge >= 0.3 is 6.18 Å². The monoisotopic (exact) mass is 282 g/mol. The smallest absolute Gasteiger partial charge is 0.360 e. The fourth-order valence-electron chi connectivity index (χ4n) is 1.45. The molecule has 1 aromatic heterocycles. The van der Waals surface area contributed by atoms with Crippen molar-refractivity contribution in [2.24, 2.45) is 0 Å². The van der Waals surface area contributed by atoms with Crippen LogP contribution in [0.5, 0.6) is 0 Å². The number of halogens is 3. The molecular weight excluding hydrogens is 265 g/mol. The number of aromatic nitrogens is 2. The van der Waals surface area contributed by atoms with Crippen LogP contribution in [0.2, 0.25) is 0 Å². The van der Waals surface area contributed by atoms with Gasteiger partial charge in [0.25, 0.3) is 0 Å². The molecule has 1 heterocycles. The molecule has 0 aromatic carbocycles. The third-order valence-corrected chi connectivity index (χ3v) is 3.17. The van der Waals surface area contributed by atoms with E-state index in [9.17, 15) is 13.2 Å². The van der Waals surface area contributed by atoms with Gasteiger partial charge in [-0.05, 0) is 26.1 Å². The zero-order valence-corrected chi connectivity index (χ0v) is 11.2. The molecule has 0 aliphatic heterocycles. The summed E-state index contributed by atoms with van der Waals surface area (Å²) in [6.07, 6.45) is -3.60. The molecule has 1 aromatic rings. The second-order valence-corrected chi connectivity index (χ2v) is 4.48. The van der Waals surface area contributed by atoms with Gasteiger partial charge in [0.05, 0.1) is 0 Å². The summed E-state index contributed by atoms with van der Waals surface area (Å²) in [4.78, 5) is 5.65. The minimum atomic E-state index is -4.46. The van der Waals surface area contributed by atoms with Gasteiger partial charge in [0.15, 0.2) is 0 Å². The molecule has 0 saturated carbocycles. The first-order chi connectivity index (χ1) is 8.47. The molecule has 0 amide bonds. The van der Waals surface area contributed by atoms with E-state index in [0.29, 0.717) is 6.54 Å². The van der Waals surface area contributed by atoms with Crippen molar-refractivity contribution < 1.29 is 13.2 Å². The van der Waals surface area contributed by atoms with Gasteiger partial charge in [-0.25, -0.2) is 0 Å². The molecule has 0 fully saturated rings. The molecule has 0 saturated heterocycles. The number of nitrogens with one attached hydrogen (secondary N) is 1. The number of anilines is 1. The molecule has 0 spiro atoms. The van der Waals surface area contributed by atoms with E-state index in [1.54, 1.807) is 0 Å². The van der Waals surface area contributed by atoms with E-state index >= 15 is 0 Å². The third-order valence-electron chi connectivity index (χ3n) is 2.50. The van der Waals surface area contributed by atoms with E-state index < -0.39 is 12.0 Å². The second kappa shape index (κ2) is 6.89. The Morgan fingerprint density at radius 1 is 1.28 bits per heavy atom. The van der Waals surface area contributed by atoms with Gasteiger partial charge in [-0.3, -0.25) is 0 Å². The lowest BCUT2D eigenvalue weighted by molar-refractivity contribution is -0.144. The van der Waals surface area contributed by atoms with Crippen molar-refractivity contribution in [3.63, 3.8) is 0 Å². The van der Waals surface area contributed by atoms with Crippen LogP contribution in [-0.2, 0) is 6.18 Å². The molecule has 1 N–H and O–H groups in total. The van der Waals surface area contributed by atoms with Crippen molar-refractivity contribution in [1.29, 1.82) is 0 Å². The Labute approximate surface area is 108 Å². The number of hydrogen-bond donors (Lipinski definition) is 1. The average molecular weight is 282 g/mol. The van der Waals surface area contributed by atoms with Crippen LogP contribution in [0, 0.1) is 0 Å². The summed E-state index contributed by atoms with van der Waals surface area (Å²) in [5.74, 6) is -1.07. The highest BCUT2D eigenvalue weighted by molar-refractivity contribution is 7.09. The fraction of sp³-hybridized carbons (Fsp3) is 0.800. The maximum atomic E-state index is 12.2. The molecule has 8 heteroatoms. The first-order valence-corrected chi connectivity index (χ1v) is 6.61. The molecule has 18 heavy (non-hydrogen) atoms.